The largest absolute Gasteiger partial charge is 0.493 e. The van der Waals surface area contributed by atoms with Crippen LogP contribution in [0.25, 0.3) is 11.5 Å². The molecule has 0 aliphatic rings. The highest BCUT2D eigenvalue weighted by molar-refractivity contribution is 5.53. The second-order valence-electron chi connectivity index (χ2n) is 5.47. The number of benzene rings is 2. The molecule has 0 fully saturated rings. The van der Waals surface area contributed by atoms with Crippen molar-refractivity contribution in [2.75, 3.05) is 6.61 Å². The lowest BCUT2D eigenvalue weighted by atomic mass is 10.2. The number of hydrogen-bond donors (Lipinski definition) is 2. The van der Waals surface area contributed by atoms with Crippen LogP contribution in [0.1, 0.15) is 17.0 Å². The predicted octanol–water partition coefficient (Wildman–Crippen LogP) is 3.75. The van der Waals surface area contributed by atoms with Gasteiger partial charge < -0.3 is 14.4 Å². The standard InChI is InChI=1S/C19H20N2O3/c1-14-18(21-19(24-14)16-5-3-2-4-6-16)11-12-23-17-9-7-15(8-10-17)13-20-22/h2-10,20,22H,11-13H2,1H3. The number of aromatic nitrogens is 1. The van der Waals surface area contributed by atoms with Crippen LogP contribution in [0.4, 0.5) is 0 Å². The highest BCUT2D eigenvalue weighted by atomic mass is 16.5. The topological polar surface area (TPSA) is 67.5 Å². The maximum absolute atomic E-state index is 8.67. The minimum atomic E-state index is 0.417. The fourth-order valence-electron chi connectivity index (χ4n) is 2.42. The highest BCUT2D eigenvalue weighted by Crippen LogP contribution is 2.22. The van der Waals surface area contributed by atoms with Gasteiger partial charge in [-0.1, -0.05) is 30.3 Å². The summed E-state index contributed by atoms with van der Waals surface area (Å²) in [6.07, 6.45) is 0.683. The van der Waals surface area contributed by atoms with Crippen LogP contribution in [0.5, 0.6) is 5.75 Å². The fourth-order valence-corrected chi connectivity index (χ4v) is 2.42. The van der Waals surface area contributed by atoms with Crippen LogP contribution in [0, 0.1) is 6.92 Å². The maximum atomic E-state index is 8.67. The van der Waals surface area contributed by atoms with E-state index < -0.39 is 0 Å². The Hall–Kier alpha value is -2.63. The molecule has 0 unspecified atom stereocenters. The van der Waals surface area contributed by atoms with Gasteiger partial charge in [-0.25, -0.2) is 10.5 Å². The summed E-state index contributed by atoms with van der Waals surface area (Å²) in [4.78, 5) is 4.57. The number of hydrogen-bond acceptors (Lipinski definition) is 5. The molecule has 0 amide bonds. The monoisotopic (exact) mass is 324 g/mol. The molecule has 0 saturated heterocycles. The number of aryl methyl sites for hydroxylation is 1. The Morgan fingerprint density at radius 1 is 1.08 bits per heavy atom. The van der Waals surface area contributed by atoms with Gasteiger partial charge in [-0.15, -0.1) is 0 Å². The van der Waals surface area contributed by atoms with Crippen molar-refractivity contribution < 1.29 is 14.4 Å². The Bertz CT molecular complexity index is 767. The van der Waals surface area contributed by atoms with Crippen molar-refractivity contribution in [3.63, 3.8) is 0 Å². The van der Waals surface area contributed by atoms with Crippen molar-refractivity contribution in [2.24, 2.45) is 0 Å². The summed E-state index contributed by atoms with van der Waals surface area (Å²) in [7, 11) is 0. The van der Waals surface area contributed by atoms with E-state index in [0.29, 0.717) is 25.5 Å². The zero-order valence-electron chi connectivity index (χ0n) is 13.5. The van der Waals surface area contributed by atoms with E-state index in [4.69, 9.17) is 14.4 Å². The van der Waals surface area contributed by atoms with Gasteiger partial charge in [0, 0.05) is 18.5 Å². The fraction of sp³-hybridized carbons (Fsp3) is 0.211. The van der Waals surface area contributed by atoms with E-state index in [-0.39, 0.29) is 0 Å². The van der Waals surface area contributed by atoms with Gasteiger partial charge in [0.05, 0.1) is 12.3 Å². The zero-order chi connectivity index (χ0) is 16.8. The minimum absolute atomic E-state index is 0.417. The van der Waals surface area contributed by atoms with Gasteiger partial charge in [-0.3, -0.25) is 0 Å². The van der Waals surface area contributed by atoms with Crippen LogP contribution in [-0.2, 0) is 13.0 Å². The number of hydroxylamine groups is 1. The molecule has 0 spiro atoms. The molecule has 1 aromatic heterocycles. The second kappa shape index (κ2) is 7.77. The molecule has 2 N–H and O–H groups in total. The summed E-state index contributed by atoms with van der Waals surface area (Å²) < 4.78 is 11.5. The summed E-state index contributed by atoms with van der Waals surface area (Å²) in [5.74, 6) is 2.26. The molecule has 0 saturated carbocycles. The minimum Gasteiger partial charge on any atom is -0.493 e. The average molecular weight is 324 g/mol. The molecule has 0 atom stereocenters. The van der Waals surface area contributed by atoms with Gasteiger partial charge >= 0.3 is 0 Å². The second-order valence-corrected chi connectivity index (χ2v) is 5.47. The van der Waals surface area contributed by atoms with Gasteiger partial charge in [0.1, 0.15) is 11.5 Å². The Morgan fingerprint density at radius 2 is 1.83 bits per heavy atom. The molecule has 3 aromatic rings. The molecule has 2 aromatic carbocycles. The molecule has 0 radical (unpaired) electrons. The normalized spacial score (nSPS) is 10.8. The SMILES string of the molecule is Cc1oc(-c2ccccc2)nc1CCOc1ccc(CNO)cc1. The lowest BCUT2D eigenvalue weighted by molar-refractivity contribution is 0.161. The van der Waals surface area contributed by atoms with Gasteiger partial charge in [0.15, 0.2) is 0 Å². The van der Waals surface area contributed by atoms with Crippen LogP contribution >= 0.6 is 0 Å². The van der Waals surface area contributed by atoms with E-state index in [2.05, 4.69) is 10.5 Å². The van der Waals surface area contributed by atoms with E-state index in [0.717, 1.165) is 28.3 Å². The average Bonchev–Trinajstić information content (AvgIpc) is 2.99. The molecule has 5 heteroatoms. The first-order valence-electron chi connectivity index (χ1n) is 7.86. The van der Waals surface area contributed by atoms with Crippen LogP contribution < -0.4 is 10.2 Å². The molecule has 3 rings (SSSR count). The summed E-state index contributed by atoms with van der Waals surface area (Å²) >= 11 is 0. The number of rotatable bonds is 7. The molecule has 24 heavy (non-hydrogen) atoms. The molecule has 0 aliphatic carbocycles. The van der Waals surface area contributed by atoms with Gasteiger partial charge in [-0.05, 0) is 36.8 Å². The third-order valence-electron chi connectivity index (χ3n) is 3.73. The molecule has 124 valence electrons. The highest BCUT2D eigenvalue weighted by Gasteiger charge is 2.11. The molecule has 0 bridgehead atoms. The van der Waals surface area contributed by atoms with Crippen molar-refractivity contribution in [1.29, 1.82) is 0 Å². The molecular weight excluding hydrogens is 304 g/mol. The van der Waals surface area contributed by atoms with E-state index >= 15 is 0 Å². The Balaban J connectivity index is 1.58. The van der Waals surface area contributed by atoms with Crippen molar-refractivity contribution in [3.8, 4) is 17.2 Å². The van der Waals surface area contributed by atoms with E-state index in [9.17, 15) is 0 Å². The van der Waals surface area contributed by atoms with Gasteiger partial charge in [0.25, 0.3) is 0 Å². The summed E-state index contributed by atoms with van der Waals surface area (Å²) in [6, 6.07) is 17.5. The van der Waals surface area contributed by atoms with Crippen LogP contribution in [-0.4, -0.2) is 16.8 Å². The van der Waals surface area contributed by atoms with Gasteiger partial charge in [-0.2, -0.15) is 0 Å². The van der Waals surface area contributed by atoms with Gasteiger partial charge in [0.2, 0.25) is 5.89 Å². The van der Waals surface area contributed by atoms with E-state index in [1.54, 1.807) is 0 Å². The van der Waals surface area contributed by atoms with Crippen molar-refractivity contribution in [2.45, 2.75) is 19.9 Å². The Labute approximate surface area is 140 Å². The number of oxazole rings is 1. The first-order chi connectivity index (χ1) is 11.8. The van der Waals surface area contributed by atoms with Crippen molar-refractivity contribution in [3.05, 3.63) is 71.6 Å². The molecule has 1 heterocycles. The molecular formula is C19H20N2O3. The third kappa shape index (κ3) is 4.01. The first kappa shape index (κ1) is 16.2. The lowest BCUT2D eigenvalue weighted by Crippen LogP contribution is -2.06. The Morgan fingerprint density at radius 3 is 2.54 bits per heavy atom. The number of nitrogens with zero attached hydrogens (tertiary/aromatic N) is 1. The quantitative estimate of drug-likeness (QED) is 0.648. The van der Waals surface area contributed by atoms with Crippen molar-refractivity contribution >= 4 is 0 Å². The smallest absolute Gasteiger partial charge is 0.226 e. The van der Waals surface area contributed by atoms with E-state index in [1.165, 1.54) is 0 Å². The third-order valence-corrected chi connectivity index (χ3v) is 3.73. The van der Waals surface area contributed by atoms with Crippen LogP contribution in [0.2, 0.25) is 0 Å². The van der Waals surface area contributed by atoms with Crippen molar-refractivity contribution in [1.82, 2.24) is 10.5 Å². The molecule has 5 nitrogen and oxygen atoms in total. The summed E-state index contributed by atoms with van der Waals surface area (Å²) in [6.45, 7) is 2.87. The predicted molar refractivity (Wildman–Crippen MR) is 90.9 cm³/mol. The number of nitrogens with one attached hydrogen (secondary N) is 1. The molecule has 0 aliphatic heterocycles. The Kier molecular flexibility index (Phi) is 5.25. The lowest BCUT2D eigenvalue weighted by Gasteiger charge is -2.06. The first-order valence-corrected chi connectivity index (χ1v) is 7.86. The number of ether oxygens (including phenoxy) is 1. The van der Waals surface area contributed by atoms with E-state index in [1.807, 2.05) is 61.5 Å². The summed E-state index contributed by atoms with van der Waals surface area (Å²) in [5, 5.41) is 8.67. The maximum Gasteiger partial charge on any atom is 0.226 e. The zero-order valence-corrected chi connectivity index (χ0v) is 13.5. The summed E-state index contributed by atoms with van der Waals surface area (Å²) in [5.41, 5.74) is 5.01. The van der Waals surface area contributed by atoms with Crippen LogP contribution in [0.3, 0.4) is 0 Å². The van der Waals surface area contributed by atoms with Crippen LogP contribution in [0.15, 0.2) is 59.0 Å².